The van der Waals surface area contributed by atoms with E-state index in [4.69, 9.17) is 34.8 Å². The van der Waals surface area contributed by atoms with Gasteiger partial charge in [-0.15, -0.1) is 11.8 Å². The van der Waals surface area contributed by atoms with Crippen molar-refractivity contribution in [1.82, 2.24) is 0 Å². The van der Waals surface area contributed by atoms with Crippen LogP contribution in [0, 0.1) is 0 Å². The van der Waals surface area contributed by atoms with E-state index in [2.05, 4.69) is 10.6 Å². The van der Waals surface area contributed by atoms with Gasteiger partial charge in [0.15, 0.2) is 0 Å². The largest absolute Gasteiger partial charge is 0.416 e. The van der Waals surface area contributed by atoms with Crippen LogP contribution in [-0.4, -0.2) is 17.6 Å². The maximum Gasteiger partial charge on any atom is 0.416 e. The summed E-state index contributed by atoms with van der Waals surface area (Å²) >= 11 is 18.9. The Bertz CT molecular complexity index is 1190. The van der Waals surface area contributed by atoms with Crippen LogP contribution in [-0.2, 0) is 11.0 Å². The van der Waals surface area contributed by atoms with Gasteiger partial charge in [0.2, 0.25) is 5.91 Å². The van der Waals surface area contributed by atoms with Gasteiger partial charge in [0.25, 0.3) is 5.91 Å². The molecule has 11 heteroatoms. The van der Waals surface area contributed by atoms with E-state index in [0.29, 0.717) is 15.6 Å². The summed E-state index contributed by atoms with van der Waals surface area (Å²) in [7, 11) is 0. The van der Waals surface area contributed by atoms with E-state index in [1.165, 1.54) is 23.9 Å². The molecule has 33 heavy (non-hydrogen) atoms. The van der Waals surface area contributed by atoms with Gasteiger partial charge in [-0.1, -0.05) is 34.8 Å². The number of rotatable bonds is 6. The number of thioether (sulfide) groups is 1. The molecule has 0 bridgehead atoms. The predicted octanol–water partition coefficient (Wildman–Crippen LogP) is 7.65. The first-order valence-electron chi connectivity index (χ1n) is 9.19. The van der Waals surface area contributed by atoms with Crippen molar-refractivity contribution in [1.29, 1.82) is 0 Å². The molecular formula is C22H14Cl3F3N2O2S. The van der Waals surface area contributed by atoms with Crippen LogP contribution in [0.4, 0.5) is 24.5 Å². The standard InChI is InChI=1S/C22H14Cl3F3N2O2S/c23-13-2-7-16(18(25)10-13)21(32)29-14-3-5-15(6-4-14)33-11-20(31)30-19-9-12(22(26,27)28)1-8-17(19)24/h1-10H,11H2,(H,29,32)(H,30,31). The van der Waals surface area contributed by atoms with Crippen molar-refractivity contribution in [2.75, 3.05) is 16.4 Å². The van der Waals surface area contributed by atoms with E-state index in [-0.39, 0.29) is 27.0 Å². The summed E-state index contributed by atoms with van der Waals surface area (Å²) in [5.41, 5.74) is -0.247. The second kappa shape index (κ2) is 10.7. The zero-order valence-electron chi connectivity index (χ0n) is 16.5. The number of alkyl halides is 3. The quantitative estimate of drug-likeness (QED) is 0.320. The lowest BCUT2D eigenvalue weighted by Gasteiger charge is -2.12. The molecule has 0 atom stereocenters. The minimum Gasteiger partial charge on any atom is -0.324 e. The van der Waals surface area contributed by atoms with Crippen LogP contribution < -0.4 is 10.6 Å². The zero-order valence-corrected chi connectivity index (χ0v) is 19.6. The van der Waals surface area contributed by atoms with Gasteiger partial charge < -0.3 is 10.6 Å². The Hall–Kier alpha value is -2.39. The minimum atomic E-state index is -4.55. The number of anilines is 2. The lowest BCUT2D eigenvalue weighted by molar-refractivity contribution is -0.137. The highest BCUT2D eigenvalue weighted by atomic mass is 35.5. The zero-order chi connectivity index (χ0) is 24.2. The Morgan fingerprint density at radius 3 is 2.18 bits per heavy atom. The summed E-state index contributed by atoms with van der Waals surface area (Å²) in [6.07, 6.45) is -4.55. The van der Waals surface area contributed by atoms with E-state index in [0.717, 1.165) is 18.2 Å². The molecular weight excluding hydrogens is 520 g/mol. The van der Waals surface area contributed by atoms with Crippen LogP contribution >= 0.6 is 46.6 Å². The Morgan fingerprint density at radius 1 is 0.848 bits per heavy atom. The first kappa shape index (κ1) is 25.2. The molecule has 3 rings (SSSR count). The van der Waals surface area contributed by atoms with E-state index in [1.54, 1.807) is 30.3 Å². The second-order valence-electron chi connectivity index (χ2n) is 6.63. The number of carbonyl (C=O) groups excluding carboxylic acids is 2. The normalized spacial score (nSPS) is 11.2. The van der Waals surface area contributed by atoms with E-state index in [9.17, 15) is 22.8 Å². The summed E-state index contributed by atoms with van der Waals surface area (Å²) in [6, 6.07) is 13.9. The van der Waals surface area contributed by atoms with E-state index >= 15 is 0 Å². The minimum absolute atomic E-state index is 0.00207. The molecule has 0 fully saturated rings. The molecule has 0 spiro atoms. The molecule has 3 aromatic carbocycles. The fourth-order valence-electron chi connectivity index (χ4n) is 2.64. The summed E-state index contributed by atoms with van der Waals surface area (Å²) in [5.74, 6) is -0.982. The lowest BCUT2D eigenvalue weighted by Crippen LogP contribution is -2.15. The van der Waals surface area contributed by atoms with Gasteiger partial charge in [0, 0.05) is 15.6 Å². The molecule has 172 valence electrons. The maximum atomic E-state index is 12.9. The Morgan fingerprint density at radius 2 is 1.55 bits per heavy atom. The summed E-state index contributed by atoms with van der Waals surface area (Å²) < 4.78 is 38.6. The van der Waals surface area contributed by atoms with Crippen molar-refractivity contribution in [2.45, 2.75) is 11.1 Å². The van der Waals surface area contributed by atoms with Gasteiger partial charge in [-0.05, 0) is 60.7 Å². The second-order valence-corrected chi connectivity index (χ2v) is 8.93. The van der Waals surface area contributed by atoms with Crippen LogP contribution in [0.1, 0.15) is 15.9 Å². The molecule has 0 unspecified atom stereocenters. The number of amides is 2. The predicted molar refractivity (Wildman–Crippen MR) is 127 cm³/mol. The Balaban J connectivity index is 1.56. The fraction of sp³-hybridized carbons (Fsp3) is 0.0909. The Kier molecular flexibility index (Phi) is 8.18. The highest BCUT2D eigenvalue weighted by molar-refractivity contribution is 8.00. The maximum absolute atomic E-state index is 12.9. The van der Waals surface area contributed by atoms with Crippen molar-refractivity contribution in [3.05, 3.63) is 86.9 Å². The van der Waals surface area contributed by atoms with Crippen molar-refractivity contribution in [2.24, 2.45) is 0 Å². The summed E-state index contributed by atoms with van der Waals surface area (Å²) in [5, 5.41) is 5.73. The molecule has 0 heterocycles. The molecule has 2 N–H and O–H groups in total. The number of benzene rings is 3. The SMILES string of the molecule is O=C(CSc1ccc(NC(=O)c2ccc(Cl)cc2Cl)cc1)Nc1cc(C(F)(F)F)ccc1Cl. The van der Waals surface area contributed by atoms with Crippen molar-refractivity contribution in [3.63, 3.8) is 0 Å². The lowest BCUT2D eigenvalue weighted by atomic mass is 10.2. The molecule has 0 aliphatic carbocycles. The van der Waals surface area contributed by atoms with Crippen LogP contribution in [0.5, 0.6) is 0 Å². The van der Waals surface area contributed by atoms with Gasteiger partial charge >= 0.3 is 6.18 Å². The molecule has 2 amide bonds. The molecule has 0 aliphatic rings. The van der Waals surface area contributed by atoms with Crippen LogP contribution in [0.25, 0.3) is 0 Å². The smallest absolute Gasteiger partial charge is 0.324 e. The molecule has 0 saturated carbocycles. The number of hydrogen-bond acceptors (Lipinski definition) is 3. The summed E-state index contributed by atoms with van der Waals surface area (Å²) in [4.78, 5) is 25.2. The monoisotopic (exact) mass is 532 g/mol. The van der Waals surface area contributed by atoms with Gasteiger partial charge in [-0.2, -0.15) is 13.2 Å². The molecule has 0 aromatic heterocycles. The average molecular weight is 534 g/mol. The molecule has 0 aliphatic heterocycles. The van der Waals surface area contributed by atoms with Gasteiger partial charge in [0.1, 0.15) is 0 Å². The number of carbonyl (C=O) groups is 2. The number of hydrogen-bond donors (Lipinski definition) is 2. The molecule has 0 radical (unpaired) electrons. The highest BCUT2D eigenvalue weighted by Crippen LogP contribution is 2.34. The number of halogens is 6. The third-order valence-corrected chi connectivity index (χ3v) is 6.12. The van der Waals surface area contributed by atoms with Crippen LogP contribution in [0.2, 0.25) is 15.1 Å². The Labute approximate surface area is 206 Å². The molecule has 0 saturated heterocycles. The van der Waals surface area contributed by atoms with E-state index < -0.39 is 23.6 Å². The number of nitrogens with one attached hydrogen (secondary N) is 2. The third kappa shape index (κ3) is 7.04. The van der Waals surface area contributed by atoms with Crippen LogP contribution in [0.15, 0.2) is 65.6 Å². The van der Waals surface area contributed by atoms with Gasteiger partial charge in [-0.3, -0.25) is 9.59 Å². The summed E-state index contributed by atoms with van der Waals surface area (Å²) in [6.45, 7) is 0. The van der Waals surface area contributed by atoms with Gasteiger partial charge in [0.05, 0.1) is 32.6 Å². The fourth-order valence-corrected chi connectivity index (χ4v) is 4.00. The first-order valence-corrected chi connectivity index (χ1v) is 11.3. The third-order valence-electron chi connectivity index (χ3n) is 4.23. The van der Waals surface area contributed by atoms with Crippen molar-refractivity contribution in [3.8, 4) is 0 Å². The van der Waals surface area contributed by atoms with E-state index in [1.807, 2.05) is 0 Å². The topological polar surface area (TPSA) is 58.2 Å². The average Bonchev–Trinajstić information content (AvgIpc) is 2.74. The molecule has 4 nitrogen and oxygen atoms in total. The molecule has 3 aromatic rings. The first-order chi connectivity index (χ1) is 15.5. The van der Waals surface area contributed by atoms with Gasteiger partial charge in [-0.25, -0.2) is 0 Å². The van der Waals surface area contributed by atoms with Crippen molar-refractivity contribution >= 4 is 69.8 Å². The van der Waals surface area contributed by atoms with Crippen molar-refractivity contribution < 1.29 is 22.8 Å². The highest BCUT2D eigenvalue weighted by Gasteiger charge is 2.31. The van der Waals surface area contributed by atoms with Crippen LogP contribution in [0.3, 0.4) is 0 Å².